The van der Waals surface area contributed by atoms with Gasteiger partial charge in [-0.05, 0) is 44.9 Å². The second-order valence-electron chi connectivity index (χ2n) is 5.95. The molecule has 1 saturated carbocycles. The summed E-state index contributed by atoms with van der Waals surface area (Å²) < 4.78 is 36.5. The first kappa shape index (κ1) is 16.3. The van der Waals surface area contributed by atoms with E-state index in [1.54, 1.807) is 0 Å². The third kappa shape index (κ3) is 3.85. The quantitative estimate of drug-likeness (QED) is 0.818. The largest absolute Gasteiger partial charge is 0.389 e. The molecule has 1 rings (SSSR count). The van der Waals surface area contributed by atoms with E-state index in [9.17, 15) is 23.5 Å². The third-order valence-corrected chi connectivity index (χ3v) is 4.56. The van der Waals surface area contributed by atoms with Crippen molar-refractivity contribution >= 4 is 0 Å². The summed E-state index contributed by atoms with van der Waals surface area (Å²) in [5, 5.41) is 19.9. The molecule has 1 N–H and O–H groups in total. The van der Waals surface area contributed by atoms with Crippen LogP contribution in [0.4, 0.5) is 13.2 Å². The second kappa shape index (κ2) is 5.70. The lowest BCUT2D eigenvalue weighted by atomic mass is 9.69. The van der Waals surface area contributed by atoms with E-state index in [1.807, 2.05) is 6.92 Å². The Morgan fingerprint density at radius 1 is 1.37 bits per heavy atom. The highest BCUT2D eigenvalue weighted by Gasteiger charge is 2.51. The predicted octanol–water partition coefficient (Wildman–Crippen LogP) is 4.19. The normalized spacial score (nSPS) is 30.9. The maximum absolute atomic E-state index is 12.2. The van der Waals surface area contributed by atoms with Crippen LogP contribution in [0.25, 0.3) is 0 Å². The number of rotatable bonds is 5. The molecule has 0 aromatic heterocycles. The maximum Gasteiger partial charge on any atom is 0.389 e. The van der Waals surface area contributed by atoms with Gasteiger partial charge in [0.2, 0.25) is 0 Å². The van der Waals surface area contributed by atoms with Crippen molar-refractivity contribution < 1.29 is 18.3 Å². The minimum atomic E-state index is -4.20. The molecule has 0 amide bonds. The SMILES string of the molecule is CCC1CCC(C#N)(C(C)(O)CCCC(F)(F)F)C1. The van der Waals surface area contributed by atoms with Gasteiger partial charge in [0.15, 0.2) is 0 Å². The molecule has 0 saturated heterocycles. The molecule has 0 radical (unpaired) electrons. The average Bonchev–Trinajstić information content (AvgIpc) is 2.72. The van der Waals surface area contributed by atoms with E-state index < -0.39 is 23.6 Å². The van der Waals surface area contributed by atoms with Crippen molar-refractivity contribution in [1.29, 1.82) is 5.26 Å². The van der Waals surface area contributed by atoms with Crippen LogP contribution in [0.2, 0.25) is 0 Å². The van der Waals surface area contributed by atoms with Crippen LogP contribution in [-0.4, -0.2) is 16.9 Å². The number of hydrogen-bond donors (Lipinski definition) is 1. The lowest BCUT2D eigenvalue weighted by molar-refractivity contribution is -0.140. The summed E-state index contributed by atoms with van der Waals surface area (Å²) in [6, 6.07) is 2.20. The summed E-state index contributed by atoms with van der Waals surface area (Å²) in [5.41, 5.74) is -2.21. The molecule has 3 atom stereocenters. The fourth-order valence-electron chi connectivity index (χ4n) is 3.08. The maximum atomic E-state index is 12.2. The first-order chi connectivity index (χ1) is 8.66. The lowest BCUT2D eigenvalue weighted by Gasteiger charge is -2.38. The van der Waals surface area contributed by atoms with Crippen LogP contribution in [0, 0.1) is 22.7 Å². The number of halogens is 3. The molecule has 1 fully saturated rings. The number of aliphatic hydroxyl groups is 1. The van der Waals surface area contributed by atoms with Crippen molar-refractivity contribution in [1.82, 2.24) is 0 Å². The summed E-state index contributed by atoms with van der Waals surface area (Å²) in [4.78, 5) is 0. The van der Waals surface area contributed by atoms with E-state index >= 15 is 0 Å². The highest BCUT2D eigenvalue weighted by molar-refractivity contribution is 5.13. The van der Waals surface area contributed by atoms with Crippen LogP contribution >= 0.6 is 0 Å². The zero-order valence-electron chi connectivity index (χ0n) is 11.6. The minimum Gasteiger partial charge on any atom is -0.389 e. The van der Waals surface area contributed by atoms with Crippen LogP contribution in [0.5, 0.6) is 0 Å². The van der Waals surface area contributed by atoms with Gasteiger partial charge in [-0.3, -0.25) is 0 Å². The first-order valence-corrected chi connectivity index (χ1v) is 6.86. The third-order valence-electron chi connectivity index (χ3n) is 4.56. The topological polar surface area (TPSA) is 44.0 Å². The van der Waals surface area contributed by atoms with Gasteiger partial charge in [0.05, 0.1) is 17.1 Å². The Labute approximate surface area is 112 Å². The minimum absolute atomic E-state index is 0.0243. The molecule has 0 bridgehead atoms. The van der Waals surface area contributed by atoms with Gasteiger partial charge < -0.3 is 5.11 Å². The van der Waals surface area contributed by atoms with Crippen molar-refractivity contribution in [2.45, 2.75) is 70.6 Å². The van der Waals surface area contributed by atoms with Crippen LogP contribution in [0.1, 0.15) is 58.8 Å². The van der Waals surface area contributed by atoms with E-state index in [2.05, 4.69) is 6.07 Å². The highest BCUT2D eigenvalue weighted by Crippen LogP contribution is 2.51. The summed E-state index contributed by atoms with van der Waals surface area (Å²) in [6.07, 6.45) is -2.20. The monoisotopic (exact) mass is 277 g/mol. The molecule has 110 valence electrons. The van der Waals surface area contributed by atoms with Gasteiger partial charge in [-0.1, -0.05) is 13.3 Å². The van der Waals surface area contributed by atoms with Crippen molar-refractivity contribution in [3.63, 3.8) is 0 Å². The van der Waals surface area contributed by atoms with Crippen molar-refractivity contribution in [3.05, 3.63) is 0 Å². The van der Waals surface area contributed by atoms with Crippen LogP contribution in [0.3, 0.4) is 0 Å². The molecule has 0 spiro atoms. The number of alkyl halides is 3. The zero-order valence-corrected chi connectivity index (χ0v) is 11.6. The Bertz CT molecular complexity index is 346. The van der Waals surface area contributed by atoms with E-state index in [-0.39, 0.29) is 12.8 Å². The van der Waals surface area contributed by atoms with Gasteiger partial charge in [-0.25, -0.2) is 0 Å². The number of hydrogen-bond acceptors (Lipinski definition) is 2. The summed E-state index contributed by atoms with van der Waals surface area (Å²) >= 11 is 0. The van der Waals surface area contributed by atoms with E-state index in [1.165, 1.54) is 6.92 Å². The Morgan fingerprint density at radius 3 is 2.42 bits per heavy atom. The smallest absolute Gasteiger partial charge is 0.389 e. The zero-order chi connectivity index (χ0) is 14.7. The highest BCUT2D eigenvalue weighted by atomic mass is 19.4. The van der Waals surface area contributed by atoms with Gasteiger partial charge >= 0.3 is 6.18 Å². The Kier molecular flexibility index (Phi) is 4.89. The van der Waals surface area contributed by atoms with Crippen LogP contribution in [0.15, 0.2) is 0 Å². The summed E-state index contributed by atoms with van der Waals surface area (Å²) in [5.74, 6) is 0.397. The fourth-order valence-corrected chi connectivity index (χ4v) is 3.08. The number of nitriles is 1. The van der Waals surface area contributed by atoms with Crippen molar-refractivity contribution in [2.75, 3.05) is 0 Å². The van der Waals surface area contributed by atoms with Gasteiger partial charge in [0.1, 0.15) is 0 Å². The Hall–Kier alpha value is -0.760. The molecule has 0 aliphatic heterocycles. The molecule has 1 aliphatic carbocycles. The average molecular weight is 277 g/mol. The van der Waals surface area contributed by atoms with Crippen molar-refractivity contribution in [3.8, 4) is 6.07 Å². The molecular formula is C14H22F3NO. The van der Waals surface area contributed by atoms with Gasteiger partial charge in [0, 0.05) is 6.42 Å². The molecule has 5 heteroatoms. The Balaban J connectivity index is 2.67. The fraction of sp³-hybridized carbons (Fsp3) is 0.929. The summed E-state index contributed by atoms with van der Waals surface area (Å²) in [6.45, 7) is 3.56. The molecule has 19 heavy (non-hydrogen) atoms. The lowest BCUT2D eigenvalue weighted by Crippen LogP contribution is -2.43. The molecular weight excluding hydrogens is 255 g/mol. The van der Waals surface area contributed by atoms with Gasteiger partial charge in [0.25, 0.3) is 0 Å². The van der Waals surface area contributed by atoms with E-state index in [0.717, 1.165) is 12.8 Å². The molecule has 0 aromatic carbocycles. The molecule has 3 unspecified atom stereocenters. The molecule has 1 aliphatic rings. The molecule has 0 heterocycles. The van der Waals surface area contributed by atoms with Crippen molar-refractivity contribution in [2.24, 2.45) is 11.3 Å². The summed E-state index contributed by atoms with van der Waals surface area (Å²) in [7, 11) is 0. The number of nitrogens with zero attached hydrogens (tertiary/aromatic N) is 1. The van der Waals surface area contributed by atoms with Crippen LogP contribution < -0.4 is 0 Å². The first-order valence-electron chi connectivity index (χ1n) is 6.86. The van der Waals surface area contributed by atoms with E-state index in [4.69, 9.17) is 0 Å². The predicted molar refractivity (Wildman–Crippen MR) is 66.2 cm³/mol. The molecule has 0 aromatic rings. The standard InChI is InChI=1S/C14H22F3NO/c1-3-11-5-8-13(9-11,10-18)12(2,19)6-4-7-14(15,16)17/h11,19H,3-9H2,1-2H3. The van der Waals surface area contributed by atoms with Gasteiger partial charge in [-0.2, -0.15) is 18.4 Å². The van der Waals surface area contributed by atoms with Crippen LogP contribution in [-0.2, 0) is 0 Å². The van der Waals surface area contributed by atoms with Gasteiger partial charge in [-0.15, -0.1) is 0 Å². The molecule has 2 nitrogen and oxygen atoms in total. The van der Waals surface area contributed by atoms with E-state index in [0.29, 0.717) is 18.8 Å². The Morgan fingerprint density at radius 2 is 2.00 bits per heavy atom. The second-order valence-corrected chi connectivity index (χ2v) is 5.95.